The van der Waals surface area contributed by atoms with Crippen LogP contribution in [0, 0.1) is 27.2 Å². The van der Waals surface area contributed by atoms with Crippen molar-refractivity contribution in [2.24, 2.45) is 0 Å². The molecule has 0 fully saturated rings. The predicted octanol–water partition coefficient (Wildman–Crippen LogP) is 4.79. The van der Waals surface area contributed by atoms with Crippen molar-refractivity contribution in [2.45, 2.75) is 6.92 Å². The topological polar surface area (TPSA) is 133 Å². The Morgan fingerprint density at radius 3 is 2.54 bits per heavy atom. The molecule has 142 valence electrons. The van der Waals surface area contributed by atoms with E-state index in [1.54, 1.807) is 25.1 Å². The molecule has 0 bridgehead atoms. The van der Waals surface area contributed by atoms with Gasteiger partial charge < -0.3 is 10.1 Å². The lowest BCUT2D eigenvalue weighted by Gasteiger charge is -2.10. The summed E-state index contributed by atoms with van der Waals surface area (Å²) in [5.74, 6) is -0.138. The summed E-state index contributed by atoms with van der Waals surface area (Å²) in [5, 5.41) is 25.7. The lowest BCUT2D eigenvalue weighted by Crippen LogP contribution is -2.04. The van der Waals surface area contributed by atoms with Gasteiger partial charge in [-0.25, -0.2) is 4.98 Å². The number of anilines is 2. The van der Waals surface area contributed by atoms with Gasteiger partial charge in [-0.15, -0.1) is 0 Å². The summed E-state index contributed by atoms with van der Waals surface area (Å²) < 4.78 is 5.55. The number of hydrogen-bond acceptors (Lipinski definition) is 8. The Hall–Kier alpha value is -3.79. The Labute approximate surface area is 163 Å². The molecule has 1 heterocycles. The van der Waals surface area contributed by atoms with Crippen molar-refractivity contribution in [1.82, 2.24) is 9.97 Å². The number of hydrogen-bond donors (Lipinski definition) is 1. The van der Waals surface area contributed by atoms with Crippen LogP contribution in [0.15, 0.2) is 48.8 Å². The number of ether oxygens (including phenoxy) is 1. The summed E-state index contributed by atoms with van der Waals surface area (Å²) in [7, 11) is 0. The molecule has 3 aromatic rings. The minimum atomic E-state index is -0.697. The number of nitrogens with zero attached hydrogens (tertiary/aromatic N) is 4. The Morgan fingerprint density at radius 2 is 1.86 bits per heavy atom. The number of nitro groups is 2. The van der Waals surface area contributed by atoms with E-state index >= 15 is 0 Å². The number of aromatic nitrogens is 2. The molecule has 0 saturated heterocycles. The van der Waals surface area contributed by atoms with Gasteiger partial charge >= 0.3 is 11.6 Å². The lowest BCUT2D eigenvalue weighted by atomic mass is 10.2. The first-order valence-corrected chi connectivity index (χ1v) is 8.18. The molecule has 1 aromatic heterocycles. The minimum absolute atomic E-state index is 0.166. The molecule has 2 aromatic carbocycles. The van der Waals surface area contributed by atoms with E-state index in [4.69, 9.17) is 16.3 Å². The van der Waals surface area contributed by atoms with Crippen LogP contribution in [0.4, 0.5) is 22.9 Å². The molecule has 0 atom stereocenters. The fraction of sp³-hybridized carbons (Fsp3) is 0.0588. The summed E-state index contributed by atoms with van der Waals surface area (Å²) in [6.07, 6.45) is 1.09. The fourth-order valence-corrected chi connectivity index (χ4v) is 2.44. The van der Waals surface area contributed by atoms with E-state index in [9.17, 15) is 20.2 Å². The van der Waals surface area contributed by atoms with Gasteiger partial charge in [-0.3, -0.25) is 20.2 Å². The molecule has 11 heteroatoms. The van der Waals surface area contributed by atoms with Crippen molar-refractivity contribution in [3.63, 3.8) is 0 Å². The van der Waals surface area contributed by atoms with Crippen LogP contribution >= 0.6 is 11.6 Å². The predicted molar refractivity (Wildman–Crippen MR) is 101 cm³/mol. The molecule has 0 unspecified atom stereocenters. The van der Waals surface area contributed by atoms with Gasteiger partial charge in [0.25, 0.3) is 5.69 Å². The molecule has 0 amide bonds. The van der Waals surface area contributed by atoms with Crippen molar-refractivity contribution in [3.05, 3.63) is 79.6 Å². The fourth-order valence-electron chi connectivity index (χ4n) is 2.32. The standard InChI is InChI=1S/C17H12ClN5O5/c1-10-7-13(5-6-14(10)18)28-17-15(23(26)27)16(19-9-20-17)21-11-3-2-4-12(8-11)22(24)25/h2-9H,1H3,(H,19,20,21). The number of aryl methyl sites for hydroxylation is 1. The van der Waals surface area contributed by atoms with E-state index in [1.807, 2.05) is 0 Å². The molecule has 0 saturated carbocycles. The zero-order valence-electron chi connectivity index (χ0n) is 14.3. The maximum Gasteiger partial charge on any atom is 0.373 e. The van der Waals surface area contributed by atoms with Crippen LogP contribution in [0.25, 0.3) is 0 Å². The minimum Gasteiger partial charge on any atom is -0.434 e. The Morgan fingerprint density at radius 1 is 1.07 bits per heavy atom. The molecule has 0 aliphatic heterocycles. The van der Waals surface area contributed by atoms with Crippen LogP contribution in [-0.2, 0) is 0 Å². The van der Waals surface area contributed by atoms with E-state index in [0.29, 0.717) is 10.8 Å². The molecule has 0 radical (unpaired) electrons. The number of halogens is 1. The number of non-ortho nitro benzene ring substituents is 1. The maximum absolute atomic E-state index is 11.6. The van der Waals surface area contributed by atoms with Crippen LogP contribution in [0.1, 0.15) is 5.56 Å². The summed E-state index contributed by atoms with van der Waals surface area (Å²) in [6.45, 7) is 1.76. The molecular formula is C17H12ClN5O5. The summed E-state index contributed by atoms with van der Waals surface area (Å²) >= 11 is 5.97. The highest BCUT2D eigenvalue weighted by atomic mass is 35.5. The third-order valence-corrected chi connectivity index (χ3v) is 4.06. The summed E-state index contributed by atoms with van der Waals surface area (Å²) in [5.41, 5.74) is 0.298. The number of nitro benzene ring substituents is 1. The first-order valence-electron chi connectivity index (χ1n) is 7.80. The molecule has 0 spiro atoms. The number of nitrogens with one attached hydrogen (secondary N) is 1. The Balaban J connectivity index is 1.97. The maximum atomic E-state index is 11.6. The highest BCUT2D eigenvalue weighted by molar-refractivity contribution is 6.31. The molecule has 0 aliphatic carbocycles. The number of benzene rings is 2. The largest absolute Gasteiger partial charge is 0.434 e. The van der Waals surface area contributed by atoms with E-state index < -0.39 is 15.5 Å². The van der Waals surface area contributed by atoms with Crippen LogP contribution < -0.4 is 10.1 Å². The van der Waals surface area contributed by atoms with Crippen LogP contribution in [0.3, 0.4) is 0 Å². The van der Waals surface area contributed by atoms with Gasteiger partial charge in [0, 0.05) is 22.8 Å². The van der Waals surface area contributed by atoms with Crippen molar-refractivity contribution >= 4 is 34.5 Å². The molecule has 1 N–H and O–H groups in total. The van der Waals surface area contributed by atoms with Crippen molar-refractivity contribution in [3.8, 4) is 11.6 Å². The van der Waals surface area contributed by atoms with E-state index in [1.165, 1.54) is 24.3 Å². The third-order valence-electron chi connectivity index (χ3n) is 3.63. The average Bonchev–Trinajstić information content (AvgIpc) is 2.65. The van der Waals surface area contributed by atoms with Crippen molar-refractivity contribution in [1.29, 1.82) is 0 Å². The monoisotopic (exact) mass is 401 g/mol. The molecule has 28 heavy (non-hydrogen) atoms. The van der Waals surface area contributed by atoms with Crippen LogP contribution in [0.5, 0.6) is 11.6 Å². The molecular weight excluding hydrogens is 390 g/mol. The Bertz CT molecular complexity index is 1080. The van der Waals surface area contributed by atoms with Gasteiger partial charge in [0.1, 0.15) is 12.1 Å². The second-order valence-electron chi connectivity index (χ2n) is 5.58. The SMILES string of the molecule is Cc1cc(Oc2ncnc(Nc3cccc([N+](=O)[O-])c3)c2[N+](=O)[O-])ccc1Cl. The second kappa shape index (κ2) is 7.84. The van der Waals surface area contributed by atoms with Crippen molar-refractivity contribution < 1.29 is 14.6 Å². The highest BCUT2D eigenvalue weighted by Gasteiger charge is 2.25. The van der Waals surface area contributed by atoms with Gasteiger partial charge in [-0.1, -0.05) is 17.7 Å². The van der Waals surface area contributed by atoms with Gasteiger partial charge in [0.2, 0.25) is 5.82 Å². The first kappa shape index (κ1) is 19.0. The van der Waals surface area contributed by atoms with Gasteiger partial charge in [-0.05, 0) is 36.8 Å². The van der Waals surface area contributed by atoms with Gasteiger partial charge in [0.15, 0.2) is 0 Å². The third kappa shape index (κ3) is 4.13. The van der Waals surface area contributed by atoms with E-state index in [0.717, 1.165) is 11.9 Å². The molecule has 10 nitrogen and oxygen atoms in total. The van der Waals surface area contributed by atoms with E-state index in [2.05, 4.69) is 15.3 Å². The lowest BCUT2D eigenvalue weighted by molar-refractivity contribution is -0.385. The van der Waals surface area contributed by atoms with Gasteiger partial charge in [-0.2, -0.15) is 4.98 Å². The van der Waals surface area contributed by atoms with Crippen molar-refractivity contribution in [2.75, 3.05) is 5.32 Å². The zero-order valence-corrected chi connectivity index (χ0v) is 15.1. The highest BCUT2D eigenvalue weighted by Crippen LogP contribution is 2.36. The van der Waals surface area contributed by atoms with Crippen LogP contribution in [-0.4, -0.2) is 19.8 Å². The normalized spacial score (nSPS) is 10.4. The second-order valence-corrected chi connectivity index (χ2v) is 5.99. The van der Waals surface area contributed by atoms with Crippen LogP contribution in [0.2, 0.25) is 5.02 Å². The first-order chi connectivity index (χ1) is 13.3. The number of rotatable bonds is 6. The van der Waals surface area contributed by atoms with Gasteiger partial charge in [0.05, 0.1) is 9.85 Å². The molecule has 3 rings (SSSR count). The molecule has 0 aliphatic rings. The van der Waals surface area contributed by atoms with E-state index in [-0.39, 0.29) is 23.1 Å². The zero-order chi connectivity index (χ0) is 20.3. The quantitative estimate of drug-likeness (QED) is 0.460. The average molecular weight is 402 g/mol. The summed E-state index contributed by atoms with van der Waals surface area (Å²) in [4.78, 5) is 28.9. The Kier molecular flexibility index (Phi) is 5.32. The smallest absolute Gasteiger partial charge is 0.373 e. The summed E-state index contributed by atoms with van der Waals surface area (Å²) in [6, 6.07) is 10.3.